The third-order valence-corrected chi connectivity index (χ3v) is 6.41. The Morgan fingerprint density at radius 3 is 2.71 bits per heavy atom. The van der Waals surface area contributed by atoms with Gasteiger partial charge in [-0.05, 0) is 56.3 Å². The second-order valence-electron chi connectivity index (χ2n) is 8.41. The van der Waals surface area contributed by atoms with Gasteiger partial charge in [0, 0.05) is 51.3 Å². The van der Waals surface area contributed by atoms with E-state index in [9.17, 15) is 18.4 Å². The molecule has 3 aromatic heterocycles. The SMILES string of the molecule is N#CC(=Cc1c[nH]c2ncc(-c3cnn(C4CCNCC4)c3)cc12)c1cc(Cl)ccc1C(F)(F)F. The number of rotatable bonds is 4. The van der Waals surface area contributed by atoms with E-state index in [-0.39, 0.29) is 16.2 Å². The van der Waals surface area contributed by atoms with Crippen LogP contribution in [-0.4, -0.2) is 32.8 Å². The fourth-order valence-electron chi connectivity index (χ4n) is 4.37. The van der Waals surface area contributed by atoms with Crippen molar-refractivity contribution < 1.29 is 13.2 Å². The Bertz CT molecular complexity index is 1450. The van der Waals surface area contributed by atoms with Gasteiger partial charge in [0.15, 0.2) is 0 Å². The van der Waals surface area contributed by atoms with Crippen molar-refractivity contribution in [1.29, 1.82) is 5.26 Å². The van der Waals surface area contributed by atoms with Gasteiger partial charge >= 0.3 is 6.18 Å². The van der Waals surface area contributed by atoms with Gasteiger partial charge in [-0.3, -0.25) is 4.68 Å². The van der Waals surface area contributed by atoms with E-state index in [1.54, 1.807) is 18.6 Å². The van der Waals surface area contributed by atoms with Gasteiger partial charge in [0.1, 0.15) is 5.65 Å². The molecule has 0 unspecified atom stereocenters. The maximum absolute atomic E-state index is 13.6. The molecule has 6 nitrogen and oxygen atoms in total. The van der Waals surface area contributed by atoms with Crippen LogP contribution in [0.2, 0.25) is 5.02 Å². The van der Waals surface area contributed by atoms with Crippen LogP contribution in [0.4, 0.5) is 13.2 Å². The summed E-state index contributed by atoms with van der Waals surface area (Å²) in [5, 5.41) is 18.4. The number of aromatic nitrogens is 4. The van der Waals surface area contributed by atoms with Gasteiger partial charge in [-0.25, -0.2) is 4.98 Å². The largest absolute Gasteiger partial charge is 0.417 e. The van der Waals surface area contributed by atoms with Crippen molar-refractivity contribution in [2.75, 3.05) is 13.1 Å². The van der Waals surface area contributed by atoms with Gasteiger partial charge in [-0.1, -0.05) is 11.6 Å². The first-order valence-electron chi connectivity index (χ1n) is 11.0. The third kappa shape index (κ3) is 4.67. The standard InChI is InChI=1S/C25H20ClF3N6/c26-19-1-2-23(25(27,28)29)21(9-19)15(10-30)7-17-12-33-24-22(17)8-16(11-32-24)18-13-34-35(14-18)20-3-5-31-6-4-20/h1-2,7-9,11-14,20,31H,3-6H2,(H,32,33). The zero-order valence-electron chi connectivity index (χ0n) is 18.4. The molecule has 0 spiro atoms. The van der Waals surface area contributed by atoms with Crippen LogP contribution in [-0.2, 0) is 6.18 Å². The maximum Gasteiger partial charge on any atom is 0.417 e. The molecule has 1 aromatic carbocycles. The van der Waals surface area contributed by atoms with Crippen LogP contribution in [0.25, 0.3) is 33.8 Å². The summed E-state index contributed by atoms with van der Waals surface area (Å²) in [4.78, 5) is 7.48. The fraction of sp³-hybridized carbons (Fsp3) is 0.240. The molecule has 0 amide bonds. The van der Waals surface area contributed by atoms with E-state index in [0.29, 0.717) is 22.6 Å². The molecule has 178 valence electrons. The van der Waals surface area contributed by atoms with E-state index in [1.807, 2.05) is 23.0 Å². The van der Waals surface area contributed by atoms with Crippen molar-refractivity contribution in [1.82, 2.24) is 25.1 Å². The molecule has 0 bridgehead atoms. The fourth-order valence-corrected chi connectivity index (χ4v) is 4.54. The van der Waals surface area contributed by atoms with Crippen molar-refractivity contribution in [3.8, 4) is 17.2 Å². The molecule has 0 radical (unpaired) electrons. The Kier molecular flexibility index (Phi) is 6.09. The number of allylic oxidation sites excluding steroid dienone is 1. The number of halogens is 4. The second-order valence-corrected chi connectivity index (χ2v) is 8.85. The number of hydrogen-bond acceptors (Lipinski definition) is 4. The molecular weight excluding hydrogens is 477 g/mol. The van der Waals surface area contributed by atoms with Gasteiger partial charge < -0.3 is 10.3 Å². The molecule has 4 heterocycles. The summed E-state index contributed by atoms with van der Waals surface area (Å²) >= 11 is 5.96. The predicted molar refractivity (Wildman–Crippen MR) is 128 cm³/mol. The lowest BCUT2D eigenvalue weighted by atomic mass is 9.98. The normalized spacial score (nSPS) is 15.5. The van der Waals surface area contributed by atoms with Crippen LogP contribution < -0.4 is 5.32 Å². The van der Waals surface area contributed by atoms with Gasteiger partial charge in [0.05, 0.1) is 29.4 Å². The first-order chi connectivity index (χ1) is 16.8. The van der Waals surface area contributed by atoms with Crippen molar-refractivity contribution in [3.05, 3.63) is 70.8 Å². The van der Waals surface area contributed by atoms with Crippen molar-refractivity contribution in [2.24, 2.45) is 0 Å². The number of fused-ring (bicyclic) bond motifs is 1. The summed E-state index contributed by atoms with van der Waals surface area (Å²) in [6, 6.07) is 7.34. The number of piperidine rings is 1. The van der Waals surface area contributed by atoms with Crippen molar-refractivity contribution in [2.45, 2.75) is 25.1 Å². The minimum atomic E-state index is -4.63. The average molecular weight is 497 g/mol. The van der Waals surface area contributed by atoms with Gasteiger partial charge in [-0.2, -0.15) is 23.5 Å². The van der Waals surface area contributed by atoms with Gasteiger partial charge in [-0.15, -0.1) is 0 Å². The highest BCUT2D eigenvalue weighted by molar-refractivity contribution is 6.30. The number of hydrogen-bond donors (Lipinski definition) is 2. The van der Waals surface area contributed by atoms with Crippen LogP contribution in [0.15, 0.2) is 49.1 Å². The number of nitrogens with one attached hydrogen (secondary N) is 2. The van der Waals surface area contributed by atoms with E-state index in [1.165, 1.54) is 6.08 Å². The first kappa shape index (κ1) is 23.1. The van der Waals surface area contributed by atoms with E-state index >= 15 is 0 Å². The topological polar surface area (TPSA) is 82.3 Å². The minimum Gasteiger partial charge on any atom is -0.346 e. The smallest absolute Gasteiger partial charge is 0.346 e. The van der Waals surface area contributed by atoms with Crippen LogP contribution in [0.1, 0.15) is 35.6 Å². The molecule has 0 atom stereocenters. The van der Waals surface area contributed by atoms with Crippen LogP contribution in [0, 0.1) is 11.3 Å². The maximum atomic E-state index is 13.6. The quantitative estimate of drug-likeness (QED) is 0.335. The number of H-pyrrole nitrogens is 1. The summed E-state index contributed by atoms with van der Waals surface area (Å²) in [5.74, 6) is 0. The molecule has 1 saturated heterocycles. The number of pyridine rings is 1. The molecule has 10 heteroatoms. The molecule has 0 aliphatic carbocycles. The Hall–Kier alpha value is -3.61. The molecule has 1 aliphatic heterocycles. The summed E-state index contributed by atoms with van der Waals surface area (Å²) in [7, 11) is 0. The summed E-state index contributed by atoms with van der Waals surface area (Å²) in [6.07, 6.45) is 5.92. The second kappa shape index (κ2) is 9.21. The summed E-state index contributed by atoms with van der Waals surface area (Å²) in [5.41, 5.74) is 1.49. The average Bonchev–Trinajstić information content (AvgIpc) is 3.49. The molecule has 0 saturated carbocycles. The van der Waals surface area contributed by atoms with E-state index in [4.69, 9.17) is 11.6 Å². The Morgan fingerprint density at radius 2 is 1.97 bits per heavy atom. The van der Waals surface area contributed by atoms with E-state index < -0.39 is 11.7 Å². The highest BCUT2D eigenvalue weighted by Crippen LogP contribution is 2.37. The lowest BCUT2D eigenvalue weighted by Gasteiger charge is -2.22. The molecule has 5 rings (SSSR count). The number of nitrogens with zero attached hydrogens (tertiary/aromatic N) is 4. The Balaban J connectivity index is 1.54. The number of benzene rings is 1. The Labute approximate surface area is 204 Å². The zero-order valence-corrected chi connectivity index (χ0v) is 19.2. The zero-order chi connectivity index (χ0) is 24.6. The van der Waals surface area contributed by atoms with E-state index in [2.05, 4.69) is 20.4 Å². The van der Waals surface area contributed by atoms with Crippen LogP contribution in [0.5, 0.6) is 0 Å². The summed E-state index contributed by atoms with van der Waals surface area (Å²) < 4.78 is 42.7. The van der Waals surface area contributed by atoms with Crippen LogP contribution >= 0.6 is 11.6 Å². The molecule has 1 aliphatic rings. The molecule has 4 aromatic rings. The molecule has 2 N–H and O–H groups in total. The number of nitriles is 1. The third-order valence-electron chi connectivity index (χ3n) is 6.18. The molecule has 1 fully saturated rings. The first-order valence-corrected chi connectivity index (χ1v) is 11.4. The van der Waals surface area contributed by atoms with Gasteiger partial charge in [0.2, 0.25) is 0 Å². The summed E-state index contributed by atoms with van der Waals surface area (Å²) in [6.45, 7) is 1.91. The van der Waals surface area contributed by atoms with E-state index in [0.717, 1.165) is 55.3 Å². The monoisotopic (exact) mass is 496 g/mol. The van der Waals surface area contributed by atoms with Crippen molar-refractivity contribution in [3.63, 3.8) is 0 Å². The number of alkyl halides is 3. The highest BCUT2D eigenvalue weighted by Gasteiger charge is 2.34. The highest BCUT2D eigenvalue weighted by atomic mass is 35.5. The van der Waals surface area contributed by atoms with Crippen molar-refractivity contribution >= 4 is 34.3 Å². The molecular formula is C25H20ClF3N6. The molecule has 35 heavy (non-hydrogen) atoms. The van der Waals surface area contributed by atoms with Crippen LogP contribution in [0.3, 0.4) is 0 Å². The Morgan fingerprint density at radius 1 is 1.17 bits per heavy atom. The predicted octanol–water partition coefficient (Wildman–Crippen LogP) is 6.09. The lowest BCUT2D eigenvalue weighted by Crippen LogP contribution is -2.29. The minimum absolute atomic E-state index is 0.114. The number of aromatic amines is 1. The van der Waals surface area contributed by atoms with Gasteiger partial charge in [0.25, 0.3) is 0 Å². The lowest BCUT2D eigenvalue weighted by molar-refractivity contribution is -0.137.